The highest BCUT2D eigenvalue weighted by Crippen LogP contribution is 2.34. The van der Waals surface area contributed by atoms with E-state index in [0.29, 0.717) is 28.2 Å². The fourth-order valence-electron chi connectivity index (χ4n) is 3.29. The molecule has 0 saturated heterocycles. The van der Waals surface area contributed by atoms with Crippen molar-refractivity contribution < 1.29 is 19.0 Å². The van der Waals surface area contributed by atoms with Gasteiger partial charge < -0.3 is 19.5 Å². The summed E-state index contributed by atoms with van der Waals surface area (Å²) >= 11 is 1.30. The molecule has 0 saturated carbocycles. The van der Waals surface area contributed by atoms with Crippen molar-refractivity contribution >= 4 is 23.4 Å². The van der Waals surface area contributed by atoms with Gasteiger partial charge >= 0.3 is 0 Å². The van der Waals surface area contributed by atoms with E-state index in [2.05, 4.69) is 15.5 Å². The van der Waals surface area contributed by atoms with E-state index in [1.165, 1.54) is 11.8 Å². The standard InChI is InChI=1S/C24H20N4O4S/c29-23(25-17-11-12-20-21(13-17)32-16-31-20)15-33-24-27-26-22(14-30-19-9-5-2-6-10-19)28(24)18-7-3-1-4-8-18/h1-13H,14-16H2,(H,25,29). The van der Waals surface area contributed by atoms with Crippen molar-refractivity contribution in [3.05, 3.63) is 84.7 Å². The Labute approximate surface area is 194 Å². The molecule has 8 nitrogen and oxygen atoms in total. The number of nitrogens with zero attached hydrogens (tertiary/aromatic N) is 3. The van der Waals surface area contributed by atoms with E-state index >= 15 is 0 Å². The molecule has 0 bridgehead atoms. The van der Waals surface area contributed by atoms with Crippen LogP contribution in [0.4, 0.5) is 5.69 Å². The lowest BCUT2D eigenvalue weighted by Crippen LogP contribution is -2.14. The van der Waals surface area contributed by atoms with Gasteiger partial charge in [-0.25, -0.2) is 0 Å². The highest BCUT2D eigenvalue weighted by molar-refractivity contribution is 7.99. The van der Waals surface area contributed by atoms with Crippen LogP contribution in [0, 0.1) is 0 Å². The van der Waals surface area contributed by atoms with Crippen molar-refractivity contribution in [2.24, 2.45) is 0 Å². The summed E-state index contributed by atoms with van der Waals surface area (Å²) in [5, 5.41) is 12.1. The van der Waals surface area contributed by atoms with Gasteiger partial charge in [-0.15, -0.1) is 10.2 Å². The maximum absolute atomic E-state index is 12.6. The van der Waals surface area contributed by atoms with Gasteiger partial charge in [0.15, 0.2) is 22.5 Å². The zero-order valence-electron chi connectivity index (χ0n) is 17.5. The Morgan fingerprint density at radius 3 is 2.55 bits per heavy atom. The second kappa shape index (κ2) is 9.66. The fraction of sp³-hybridized carbons (Fsp3) is 0.125. The molecule has 0 spiro atoms. The van der Waals surface area contributed by atoms with E-state index in [-0.39, 0.29) is 25.1 Å². The minimum Gasteiger partial charge on any atom is -0.486 e. The van der Waals surface area contributed by atoms with Gasteiger partial charge in [0, 0.05) is 17.4 Å². The quantitative estimate of drug-likeness (QED) is 0.392. The Kier molecular flexibility index (Phi) is 6.12. The van der Waals surface area contributed by atoms with Crippen LogP contribution in [0.2, 0.25) is 0 Å². The van der Waals surface area contributed by atoms with Gasteiger partial charge in [0.05, 0.1) is 5.75 Å². The van der Waals surface area contributed by atoms with Crippen LogP contribution in [0.15, 0.2) is 84.0 Å². The molecule has 166 valence electrons. The van der Waals surface area contributed by atoms with Gasteiger partial charge in [-0.2, -0.15) is 0 Å². The van der Waals surface area contributed by atoms with Crippen molar-refractivity contribution in [3.8, 4) is 22.9 Å². The van der Waals surface area contributed by atoms with Crippen LogP contribution in [0.25, 0.3) is 5.69 Å². The number of ether oxygens (including phenoxy) is 3. The molecular weight excluding hydrogens is 440 g/mol. The van der Waals surface area contributed by atoms with Gasteiger partial charge in [-0.1, -0.05) is 48.2 Å². The molecule has 0 unspecified atom stereocenters. The number of carbonyl (C=O) groups excluding carboxylic acids is 1. The van der Waals surface area contributed by atoms with Crippen molar-refractivity contribution in [1.82, 2.24) is 14.8 Å². The summed E-state index contributed by atoms with van der Waals surface area (Å²) in [6.45, 7) is 0.434. The number of rotatable bonds is 8. The summed E-state index contributed by atoms with van der Waals surface area (Å²) < 4.78 is 18.4. The molecule has 2 heterocycles. The minimum absolute atomic E-state index is 0.163. The normalized spacial score (nSPS) is 11.9. The Morgan fingerprint density at radius 2 is 1.73 bits per heavy atom. The van der Waals surface area contributed by atoms with Gasteiger partial charge in [0.2, 0.25) is 12.7 Å². The van der Waals surface area contributed by atoms with Crippen LogP contribution in [-0.2, 0) is 11.4 Å². The molecule has 0 atom stereocenters. The third-order valence-electron chi connectivity index (χ3n) is 4.81. The zero-order chi connectivity index (χ0) is 22.5. The Morgan fingerprint density at radius 1 is 0.970 bits per heavy atom. The summed E-state index contributed by atoms with van der Waals surface area (Å²) in [5.41, 5.74) is 1.54. The number of fused-ring (bicyclic) bond motifs is 1. The summed E-state index contributed by atoms with van der Waals surface area (Å²) in [6.07, 6.45) is 0. The largest absolute Gasteiger partial charge is 0.486 e. The van der Waals surface area contributed by atoms with E-state index in [1.807, 2.05) is 65.2 Å². The number of hydrogen-bond donors (Lipinski definition) is 1. The first-order chi connectivity index (χ1) is 16.3. The van der Waals surface area contributed by atoms with E-state index in [4.69, 9.17) is 14.2 Å². The number of aromatic nitrogens is 3. The zero-order valence-corrected chi connectivity index (χ0v) is 18.3. The molecule has 3 aromatic carbocycles. The van der Waals surface area contributed by atoms with Crippen molar-refractivity contribution in [3.63, 3.8) is 0 Å². The number of para-hydroxylation sites is 2. The lowest BCUT2D eigenvalue weighted by Gasteiger charge is -2.11. The predicted molar refractivity (Wildman–Crippen MR) is 124 cm³/mol. The molecular formula is C24H20N4O4S. The molecule has 5 rings (SSSR count). The average Bonchev–Trinajstić information content (AvgIpc) is 3.49. The molecule has 0 fully saturated rings. The smallest absolute Gasteiger partial charge is 0.234 e. The topological polar surface area (TPSA) is 87.5 Å². The predicted octanol–water partition coefficient (Wildman–Crippen LogP) is 4.31. The van der Waals surface area contributed by atoms with E-state index in [9.17, 15) is 4.79 Å². The molecule has 1 aliphatic heterocycles. The number of thioether (sulfide) groups is 1. The number of anilines is 1. The van der Waals surface area contributed by atoms with Crippen molar-refractivity contribution in [2.75, 3.05) is 17.9 Å². The maximum atomic E-state index is 12.6. The van der Waals surface area contributed by atoms with Crippen LogP contribution in [0.1, 0.15) is 5.82 Å². The number of nitrogens with one attached hydrogen (secondary N) is 1. The first kappa shape index (κ1) is 20.9. The Hall–Kier alpha value is -3.98. The highest BCUT2D eigenvalue weighted by Gasteiger charge is 2.18. The Balaban J connectivity index is 1.29. The van der Waals surface area contributed by atoms with Crippen LogP contribution in [-0.4, -0.2) is 33.2 Å². The Bertz CT molecular complexity index is 1250. The molecule has 1 aliphatic rings. The van der Waals surface area contributed by atoms with Gasteiger partial charge in [-0.05, 0) is 36.4 Å². The lowest BCUT2D eigenvalue weighted by atomic mass is 10.3. The number of amides is 1. The van der Waals surface area contributed by atoms with Gasteiger partial charge in [-0.3, -0.25) is 9.36 Å². The summed E-state index contributed by atoms with van der Waals surface area (Å²) in [5.74, 6) is 2.68. The van der Waals surface area contributed by atoms with Crippen molar-refractivity contribution in [2.45, 2.75) is 11.8 Å². The molecule has 1 N–H and O–H groups in total. The average molecular weight is 461 g/mol. The maximum Gasteiger partial charge on any atom is 0.234 e. The molecule has 0 radical (unpaired) electrons. The monoisotopic (exact) mass is 460 g/mol. The van der Waals surface area contributed by atoms with Crippen LogP contribution in [0.3, 0.4) is 0 Å². The summed E-state index contributed by atoms with van der Waals surface area (Å²) in [6, 6.07) is 24.6. The van der Waals surface area contributed by atoms with Crippen LogP contribution >= 0.6 is 11.8 Å². The molecule has 33 heavy (non-hydrogen) atoms. The summed E-state index contributed by atoms with van der Waals surface area (Å²) in [4.78, 5) is 12.6. The van der Waals surface area contributed by atoms with Gasteiger partial charge in [0.1, 0.15) is 12.4 Å². The van der Waals surface area contributed by atoms with E-state index in [0.717, 1.165) is 11.4 Å². The third kappa shape index (κ3) is 4.93. The van der Waals surface area contributed by atoms with Gasteiger partial charge in [0.25, 0.3) is 0 Å². The molecule has 1 aromatic heterocycles. The molecule has 1 amide bonds. The van der Waals surface area contributed by atoms with Crippen LogP contribution < -0.4 is 19.5 Å². The number of carbonyl (C=O) groups is 1. The highest BCUT2D eigenvalue weighted by atomic mass is 32.2. The second-order valence-electron chi connectivity index (χ2n) is 7.08. The number of hydrogen-bond acceptors (Lipinski definition) is 7. The fourth-order valence-corrected chi connectivity index (χ4v) is 4.06. The molecule has 9 heteroatoms. The van der Waals surface area contributed by atoms with Crippen LogP contribution in [0.5, 0.6) is 17.2 Å². The second-order valence-corrected chi connectivity index (χ2v) is 8.02. The first-order valence-electron chi connectivity index (χ1n) is 10.3. The third-order valence-corrected chi connectivity index (χ3v) is 5.74. The molecule has 4 aromatic rings. The van der Waals surface area contributed by atoms with Crippen molar-refractivity contribution in [1.29, 1.82) is 0 Å². The minimum atomic E-state index is -0.163. The number of benzene rings is 3. The van der Waals surface area contributed by atoms with E-state index < -0.39 is 0 Å². The molecule has 0 aliphatic carbocycles. The first-order valence-corrected chi connectivity index (χ1v) is 11.2. The van der Waals surface area contributed by atoms with E-state index in [1.54, 1.807) is 18.2 Å². The summed E-state index contributed by atoms with van der Waals surface area (Å²) in [7, 11) is 0. The SMILES string of the molecule is O=C(CSc1nnc(COc2ccccc2)n1-c1ccccc1)Nc1ccc2c(c1)OCO2. The lowest BCUT2D eigenvalue weighted by molar-refractivity contribution is -0.113.